The number of hydrogen-bond acceptors (Lipinski definition) is 6. The minimum atomic E-state index is 0.382. The predicted molar refractivity (Wildman–Crippen MR) is 95.6 cm³/mol. The summed E-state index contributed by atoms with van der Waals surface area (Å²) in [6, 6.07) is 13.1. The normalized spacial score (nSPS) is 10.3. The molecule has 0 unspecified atom stereocenters. The zero-order valence-electron chi connectivity index (χ0n) is 13.2. The van der Waals surface area contributed by atoms with E-state index in [1.54, 1.807) is 13.3 Å². The number of methoxy groups -OCH3 is 1. The average Bonchev–Trinajstić information content (AvgIpc) is 2.59. The molecule has 24 heavy (non-hydrogen) atoms. The highest BCUT2D eigenvalue weighted by molar-refractivity contribution is 6.31. The molecule has 6 nitrogen and oxygen atoms in total. The molecule has 0 radical (unpaired) electrons. The van der Waals surface area contributed by atoms with Crippen molar-refractivity contribution < 1.29 is 4.74 Å². The van der Waals surface area contributed by atoms with Gasteiger partial charge in [0.05, 0.1) is 13.3 Å². The first-order chi connectivity index (χ1) is 11.7. The van der Waals surface area contributed by atoms with Gasteiger partial charge in [0.15, 0.2) is 5.82 Å². The molecule has 2 aromatic carbocycles. The third-order valence-corrected chi connectivity index (χ3v) is 3.82. The van der Waals surface area contributed by atoms with E-state index in [4.69, 9.17) is 16.3 Å². The maximum absolute atomic E-state index is 6.13. The molecule has 0 atom stereocenters. The number of benzene rings is 2. The smallest absolute Gasteiger partial charge is 0.249 e. The Hall–Kier alpha value is -2.86. The van der Waals surface area contributed by atoms with Crippen LogP contribution in [-0.2, 0) is 0 Å². The Labute approximate surface area is 144 Å². The summed E-state index contributed by atoms with van der Waals surface area (Å²) in [5.74, 6) is 1.70. The molecule has 7 heteroatoms. The molecule has 1 aromatic heterocycles. The molecule has 0 spiro atoms. The molecule has 3 rings (SSSR count). The summed E-state index contributed by atoms with van der Waals surface area (Å²) in [6.45, 7) is 1.94. The Morgan fingerprint density at radius 3 is 2.75 bits per heavy atom. The lowest BCUT2D eigenvalue weighted by molar-refractivity contribution is 0.415. The number of hydrogen-bond donors (Lipinski definition) is 2. The van der Waals surface area contributed by atoms with E-state index in [2.05, 4.69) is 25.8 Å². The number of halogens is 1. The monoisotopic (exact) mass is 341 g/mol. The van der Waals surface area contributed by atoms with Gasteiger partial charge < -0.3 is 15.4 Å². The van der Waals surface area contributed by atoms with E-state index < -0.39 is 0 Å². The molecule has 0 aliphatic carbocycles. The first-order valence-corrected chi connectivity index (χ1v) is 7.66. The number of nitrogens with one attached hydrogen (secondary N) is 2. The first kappa shape index (κ1) is 16.0. The molecule has 1 heterocycles. The van der Waals surface area contributed by atoms with Gasteiger partial charge in [0.2, 0.25) is 5.95 Å². The Balaban J connectivity index is 1.80. The van der Waals surface area contributed by atoms with Crippen molar-refractivity contribution in [2.75, 3.05) is 17.7 Å². The van der Waals surface area contributed by atoms with E-state index in [0.717, 1.165) is 22.7 Å². The molecule has 0 aliphatic heterocycles. The molecule has 0 bridgehead atoms. The second kappa shape index (κ2) is 7.14. The highest BCUT2D eigenvalue weighted by Crippen LogP contribution is 2.26. The van der Waals surface area contributed by atoms with Crippen molar-refractivity contribution in [3.05, 3.63) is 59.2 Å². The summed E-state index contributed by atoms with van der Waals surface area (Å²) >= 11 is 6.13. The fourth-order valence-corrected chi connectivity index (χ4v) is 2.30. The van der Waals surface area contributed by atoms with Crippen LogP contribution in [0.4, 0.5) is 23.1 Å². The number of rotatable bonds is 5. The maximum Gasteiger partial charge on any atom is 0.249 e. The Bertz CT molecular complexity index is 856. The van der Waals surface area contributed by atoms with Crippen LogP contribution in [0, 0.1) is 6.92 Å². The third kappa shape index (κ3) is 3.72. The van der Waals surface area contributed by atoms with Gasteiger partial charge in [-0.3, -0.25) is 0 Å². The number of aromatic nitrogens is 3. The molecule has 0 fully saturated rings. The van der Waals surface area contributed by atoms with Crippen molar-refractivity contribution in [3.63, 3.8) is 0 Å². The Morgan fingerprint density at radius 1 is 1.08 bits per heavy atom. The van der Waals surface area contributed by atoms with Crippen LogP contribution in [0.25, 0.3) is 0 Å². The van der Waals surface area contributed by atoms with Crippen molar-refractivity contribution in [1.82, 2.24) is 15.2 Å². The summed E-state index contributed by atoms with van der Waals surface area (Å²) < 4.78 is 5.20. The quantitative estimate of drug-likeness (QED) is 0.719. The molecule has 0 saturated carbocycles. The van der Waals surface area contributed by atoms with Crippen molar-refractivity contribution in [3.8, 4) is 5.75 Å². The predicted octanol–water partition coefficient (Wildman–Crippen LogP) is 4.33. The van der Waals surface area contributed by atoms with Crippen molar-refractivity contribution >= 4 is 34.7 Å². The molecule has 0 aliphatic rings. The average molecular weight is 342 g/mol. The SMILES string of the molecule is COc1cccc(Nc2nncc(Nc3cccc(Cl)c3C)n2)c1. The van der Waals surface area contributed by atoms with E-state index in [0.29, 0.717) is 16.8 Å². The molecular formula is C17H16ClN5O. The van der Waals surface area contributed by atoms with Crippen LogP contribution in [0.3, 0.4) is 0 Å². The standard InChI is InChI=1S/C17H16ClN5O/c1-11-14(18)7-4-8-15(11)21-16-10-19-23-17(22-16)20-12-5-3-6-13(9-12)24-2/h3-10H,1-2H3,(H2,20,21,22,23). The van der Waals surface area contributed by atoms with Gasteiger partial charge in [-0.15, -0.1) is 5.10 Å². The number of anilines is 4. The lowest BCUT2D eigenvalue weighted by Gasteiger charge is -2.11. The Kier molecular flexibility index (Phi) is 4.77. The van der Waals surface area contributed by atoms with E-state index in [-0.39, 0.29) is 0 Å². The molecule has 2 N–H and O–H groups in total. The molecular weight excluding hydrogens is 326 g/mol. The topological polar surface area (TPSA) is 72.0 Å². The number of nitrogens with zero attached hydrogens (tertiary/aromatic N) is 3. The Morgan fingerprint density at radius 2 is 1.92 bits per heavy atom. The molecule has 3 aromatic rings. The molecule has 0 saturated heterocycles. The third-order valence-electron chi connectivity index (χ3n) is 3.42. The van der Waals surface area contributed by atoms with Gasteiger partial charge in [0.1, 0.15) is 5.75 Å². The van der Waals surface area contributed by atoms with Gasteiger partial charge in [0, 0.05) is 22.5 Å². The van der Waals surface area contributed by atoms with Crippen LogP contribution in [-0.4, -0.2) is 22.3 Å². The van der Waals surface area contributed by atoms with E-state index in [1.807, 2.05) is 49.4 Å². The largest absolute Gasteiger partial charge is 0.497 e. The zero-order chi connectivity index (χ0) is 16.9. The highest BCUT2D eigenvalue weighted by atomic mass is 35.5. The van der Waals surface area contributed by atoms with E-state index >= 15 is 0 Å². The van der Waals surface area contributed by atoms with Crippen LogP contribution in [0.5, 0.6) is 5.75 Å². The van der Waals surface area contributed by atoms with Gasteiger partial charge >= 0.3 is 0 Å². The van der Waals surface area contributed by atoms with E-state index in [1.165, 1.54) is 0 Å². The summed E-state index contributed by atoms with van der Waals surface area (Å²) in [5, 5.41) is 15.0. The maximum atomic E-state index is 6.13. The molecule has 122 valence electrons. The number of ether oxygens (including phenoxy) is 1. The summed E-state index contributed by atoms with van der Waals surface area (Å²) in [5.41, 5.74) is 2.63. The lowest BCUT2D eigenvalue weighted by Crippen LogP contribution is -2.03. The first-order valence-electron chi connectivity index (χ1n) is 7.28. The van der Waals surface area contributed by atoms with Crippen LogP contribution >= 0.6 is 11.6 Å². The van der Waals surface area contributed by atoms with Crippen molar-refractivity contribution in [2.45, 2.75) is 6.92 Å². The fourth-order valence-electron chi connectivity index (χ4n) is 2.13. The van der Waals surface area contributed by atoms with Crippen molar-refractivity contribution in [1.29, 1.82) is 0 Å². The van der Waals surface area contributed by atoms with Crippen LogP contribution in [0.15, 0.2) is 48.7 Å². The lowest BCUT2D eigenvalue weighted by atomic mass is 10.2. The summed E-state index contributed by atoms with van der Waals surface area (Å²) in [7, 11) is 1.62. The van der Waals surface area contributed by atoms with Gasteiger partial charge in [-0.1, -0.05) is 23.7 Å². The second-order valence-corrected chi connectivity index (χ2v) is 5.47. The fraction of sp³-hybridized carbons (Fsp3) is 0.118. The summed E-state index contributed by atoms with van der Waals surface area (Å²) in [6.07, 6.45) is 1.55. The zero-order valence-corrected chi connectivity index (χ0v) is 14.0. The van der Waals surface area contributed by atoms with Crippen LogP contribution in [0.1, 0.15) is 5.56 Å². The van der Waals surface area contributed by atoms with E-state index in [9.17, 15) is 0 Å². The van der Waals surface area contributed by atoms with Gasteiger partial charge in [-0.25, -0.2) is 0 Å². The van der Waals surface area contributed by atoms with Crippen LogP contribution in [0.2, 0.25) is 5.02 Å². The molecule has 0 amide bonds. The van der Waals surface area contributed by atoms with Crippen molar-refractivity contribution in [2.24, 2.45) is 0 Å². The van der Waals surface area contributed by atoms with Gasteiger partial charge in [-0.2, -0.15) is 10.1 Å². The summed E-state index contributed by atoms with van der Waals surface area (Å²) in [4.78, 5) is 4.41. The second-order valence-electron chi connectivity index (χ2n) is 5.06. The minimum absolute atomic E-state index is 0.382. The van der Waals surface area contributed by atoms with Crippen LogP contribution < -0.4 is 15.4 Å². The highest BCUT2D eigenvalue weighted by Gasteiger charge is 2.06. The van der Waals surface area contributed by atoms with Gasteiger partial charge in [0.25, 0.3) is 0 Å². The minimum Gasteiger partial charge on any atom is -0.497 e. The van der Waals surface area contributed by atoms with Gasteiger partial charge in [-0.05, 0) is 36.8 Å².